The molecular weight excluding hydrogens is 318 g/mol. The predicted molar refractivity (Wildman–Crippen MR) is 94.6 cm³/mol. The highest BCUT2D eigenvalue weighted by molar-refractivity contribution is 6.00. The third-order valence-corrected chi connectivity index (χ3v) is 5.38. The highest BCUT2D eigenvalue weighted by atomic mass is 16.2. The van der Waals surface area contributed by atoms with Gasteiger partial charge < -0.3 is 15.1 Å². The van der Waals surface area contributed by atoms with Crippen molar-refractivity contribution in [2.24, 2.45) is 11.8 Å². The Morgan fingerprint density at radius 1 is 1.32 bits per heavy atom. The molecule has 0 aromatic heterocycles. The van der Waals surface area contributed by atoms with Crippen molar-refractivity contribution in [1.82, 2.24) is 9.80 Å². The van der Waals surface area contributed by atoms with Gasteiger partial charge in [0.05, 0.1) is 5.92 Å². The van der Waals surface area contributed by atoms with Crippen LogP contribution in [0, 0.1) is 11.8 Å². The van der Waals surface area contributed by atoms with Crippen molar-refractivity contribution in [3.8, 4) is 0 Å². The zero-order valence-electron chi connectivity index (χ0n) is 15.0. The topological polar surface area (TPSA) is 69.7 Å². The fourth-order valence-electron chi connectivity index (χ4n) is 3.68. The molecule has 2 aliphatic rings. The van der Waals surface area contributed by atoms with E-state index in [2.05, 4.69) is 5.32 Å². The molecule has 25 heavy (non-hydrogen) atoms. The summed E-state index contributed by atoms with van der Waals surface area (Å²) in [6.07, 6.45) is 1.02. The quantitative estimate of drug-likeness (QED) is 0.911. The van der Waals surface area contributed by atoms with E-state index in [0.717, 1.165) is 17.7 Å². The lowest BCUT2D eigenvalue weighted by atomic mass is 9.95. The first-order valence-electron chi connectivity index (χ1n) is 8.85. The van der Waals surface area contributed by atoms with E-state index in [-0.39, 0.29) is 36.0 Å². The van der Waals surface area contributed by atoms with Gasteiger partial charge in [-0.3, -0.25) is 14.4 Å². The summed E-state index contributed by atoms with van der Waals surface area (Å²) in [5, 5.41) is 2.97. The van der Waals surface area contributed by atoms with Gasteiger partial charge in [-0.15, -0.1) is 0 Å². The van der Waals surface area contributed by atoms with Crippen LogP contribution in [0.25, 0.3) is 0 Å². The van der Waals surface area contributed by atoms with E-state index in [1.54, 1.807) is 16.8 Å². The minimum absolute atomic E-state index is 0.0156. The molecule has 1 aromatic carbocycles. The van der Waals surface area contributed by atoms with Crippen molar-refractivity contribution in [3.63, 3.8) is 0 Å². The molecule has 0 bridgehead atoms. The van der Waals surface area contributed by atoms with Crippen molar-refractivity contribution < 1.29 is 14.4 Å². The molecule has 1 unspecified atom stereocenters. The maximum Gasteiger partial charge on any atom is 0.247 e. The lowest BCUT2D eigenvalue weighted by Gasteiger charge is -2.34. The molecule has 0 saturated carbocycles. The maximum atomic E-state index is 13.2. The summed E-state index contributed by atoms with van der Waals surface area (Å²) in [4.78, 5) is 41.2. The number of fused-ring (bicyclic) bond motifs is 1. The number of rotatable bonds is 3. The molecule has 2 aliphatic heterocycles. The van der Waals surface area contributed by atoms with Gasteiger partial charge in [0.1, 0.15) is 6.04 Å². The Morgan fingerprint density at radius 2 is 2.04 bits per heavy atom. The molecule has 6 nitrogen and oxygen atoms in total. The van der Waals surface area contributed by atoms with E-state index in [1.807, 2.05) is 38.1 Å². The highest BCUT2D eigenvalue weighted by Crippen LogP contribution is 2.30. The van der Waals surface area contributed by atoms with Crippen molar-refractivity contribution >= 4 is 23.4 Å². The third-order valence-electron chi connectivity index (χ3n) is 5.38. The molecule has 3 atom stereocenters. The number of amides is 3. The number of hydrogen-bond donors (Lipinski definition) is 1. The Morgan fingerprint density at radius 3 is 2.68 bits per heavy atom. The van der Waals surface area contributed by atoms with E-state index >= 15 is 0 Å². The predicted octanol–water partition coefficient (Wildman–Crippen LogP) is 1.86. The lowest BCUT2D eigenvalue weighted by Crippen LogP contribution is -2.51. The number of para-hydroxylation sites is 1. The minimum atomic E-state index is -0.522. The zero-order valence-corrected chi connectivity index (χ0v) is 15.0. The van der Waals surface area contributed by atoms with E-state index in [0.29, 0.717) is 13.1 Å². The second-order valence-electron chi connectivity index (χ2n) is 7.12. The van der Waals surface area contributed by atoms with Crippen LogP contribution in [0.4, 0.5) is 5.69 Å². The molecule has 6 heteroatoms. The number of likely N-dealkylation sites (tertiary alicyclic amines) is 1. The van der Waals surface area contributed by atoms with Gasteiger partial charge in [0.2, 0.25) is 17.7 Å². The summed E-state index contributed by atoms with van der Waals surface area (Å²) in [6, 6.07) is 7.05. The molecular formula is C19H25N3O3. The van der Waals surface area contributed by atoms with Crippen molar-refractivity contribution in [2.45, 2.75) is 39.3 Å². The highest BCUT2D eigenvalue weighted by Gasteiger charge is 2.41. The number of nitrogens with one attached hydrogen (secondary N) is 1. The number of carbonyl (C=O) groups is 3. The maximum absolute atomic E-state index is 13.2. The van der Waals surface area contributed by atoms with Gasteiger partial charge in [-0.2, -0.15) is 0 Å². The zero-order chi connectivity index (χ0) is 18.1. The second-order valence-corrected chi connectivity index (χ2v) is 7.12. The molecule has 1 aromatic rings. The van der Waals surface area contributed by atoms with E-state index in [4.69, 9.17) is 0 Å². The molecule has 1 fully saturated rings. The normalized spacial score (nSPS) is 24.6. The van der Waals surface area contributed by atoms with Gasteiger partial charge in [0.15, 0.2) is 0 Å². The Bertz CT molecular complexity index is 703. The minimum Gasteiger partial charge on any atom is -0.345 e. The van der Waals surface area contributed by atoms with Crippen LogP contribution in [0.5, 0.6) is 0 Å². The van der Waals surface area contributed by atoms with Crippen LogP contribution in [0.3, 0.4) is 0 Å². The van der Waals surface area contributed by atoms with Gasteiger partial charge >= 0.3 is 0 Å². The van der Waals surface area contributed by atoms with Gasteiger partial charge in [-0.05, 0) is 17.5 Å². The largest absolute Gasteiger partial charge is 0.345 e. The molecule has 0 spiro atoms. The first kappa shape index (κ1) is 17.5. The average Bonchev–Trinajstić information content (AvgIpc) is 2.85. The van der Waals surface area contributed by atoms with Gasteiger partial charge in [-0.1, -0.05) is 38.5 Å². The summed E-state index contributed by atoms with van der Waals surface area (Å²) in [5.41, 5.74) is 1.68. The number of carbonyl (C=O) groups excluding carboxylic acids is 3. The number of benzene rings is 1. The van der Waals surface area contributed by atoms with Gasteiger partial charge in [0, 0.05) is 32.2 Å². The Hall–Kier alpha value is -2.37. The fraction of sp³-hybridized carbons (Fsp3) is 0.526. The first-order valence-corrected chi connectivity index (χ1v) is 8.85. The monoisotopic (exact) mass is 343 g/mol. The van der Waals surface area contributed by atoms with Crippen molar-refractivity contribution in [1.29, 1.82) is 0 Å². The van der Waals surface area contributed by atoms with Crippen LogP contribution < -0.4 is 5.32 Å². The second kappa shape index (κ2) is 6.86. The van der Waals surface area contributed by atoms with Gasteiger partial charge in [-0.25, -0.2) is 0 Å². The molecule has 134 valence electrons. The first-order chi connectivity index (χ1) is 11.9. The fourth-order valence-corrected chi connectivity index (χ4v) is 3.68. The third kappa shape index (κ3) is 3.25. The van der Waals surface area contributed by atoms with Crippen LogP contribution in [-0.4, -0.2) is 47.2 Å². The van der Waals surface area contributed by atoms with E-state index in [9.17, 15) is 14.4 Å². The molecule has 0 aliphatic carbocycles. The van der Waals surface area contributed by atoms with Crippen LogP contribution >= 0.6 is 0 Å². The van der Waals surface area contributed by atoms with E-state index in [1.165, 1.54) is 0 Å². The average molecular weight is 343 g/mol. The van der Waals surface area contributed by atoms with Crippen LogP contribution in [0.15, 0.2) is 24.3 Å². The van der Waals surface area contributed by atoms with Crippen molar-refractivity contribution in [3.05, 3.63) is 29.8 Å². The van der Waals surface area contributed by atoms with E-state index < -0.39 is 6.04 Å². The summed E-state index contributed by atoms with van der Waals surface area (Å²) in [6.45, 7) is 4.82. The Labute approximate surface area is 148 Å². The van der Waals surface area contributed by atoms with Gasteiger partial charge in [0.25, 0.3) is 0 Å². The SMILES string of the molecule is CC[C@H](C)[C@H]1C(=O)Nc2ccccc2CN1C(=O)C1CC(=O)N(C)C1. The van der Waals surface area contributed by atoms with Crippen molar-refractivity contribution in [2.75, 3.05) is 18.9 Å². The Kier molecular flexibility index (Phi) is 4.79. The molecule has 1 saturated heterocycles. The molecule has 0 radical (unpaired) electrons. The summed E-state index contributed by atoms with van der Waals surface area (Å²) in [7, 11) is 1.71. The molecule has 3 rings (SSSR count). The number of anilines is 1. The number of hydrogen-bond acceptors (Lipinski definition) is 3. The molecule has 2 heterocycles. The smallest absolute Gasteiger partial charge is 0.247 e. The van der Waals surface area contributed by atoms with Crippen LogP contribution in [-0.2, 0) is 20.9 Å². The summed E-state index contributed by atoms with van der Waals surface area (Å²) < 4.78 is 0. The summed E-state index contributed by atoms with van der Waals surface area (Å²) >= 11 is 0. The number of nitrogens with zero attached hydrogens (tertiary/aromatic N) is 2. The molecule has 1 N–H and O–H groups in total. The van der Waals surface area contributed by atoms with Crippen LogP contribution in [0.2, 0.25) is 0 Å². The lowest BCUT2D eigenvalue weighted by molar-refractivity contribution is -0.144. The molecule has 3 amide bonds. The summed E-state index contributed by atoms with van der Waals surface area (Å²) in [5.74, 6) is -0.603. The Balaban J connectivity index is 1.95. The standard InChI is InChI=1S/C19H25N3O3/c1-4-12(2)17-18(24)20-15-8-6-5-7-13(15)11-22(17)19(25)14-9-16(23)21(3)10-14/h5-8,12,14,17H,4,9-11H2,1-3H3,(H,20,24)/t12-,14?,17-/m0/s1. The van der Waals surface area contributed by atoms with Crippen LogP contribution in [0.1, 0.15) is 32.3 Å².